The summed E-state index contributed by atoms with van der Waals surface area (Å²) in [5.41, 5.74) is 12.2. The van der Waals surface area contributed by atoms with Gasteiger partial charge in [0.25, 0.3) is 0 Å². The fraction of sp³-hybridized carbons (Fsp3) is 1.00. The molecule has 0 bridgehead atoms. The van der Waals surface area contributed by atoms with Crippen molar-refractivity contribution in [3.05, 3.63) is 0 Å². The molecule has 0 fully saturated rings. The molecule has 0 aliphatic heterocycles. The van der Waals surface area contributed by atoms with Crippen LogP contribution >= 0.6 is 0 Å². The van der Waals surface area contributed by atoms with Crippen molar-refractivity contribution in [2.75, 3.05) is 6.54 Å². The van der Waals surface area contributed by atoms with Crippen LogP contribution in [0.4, 0.5) is 0 Å². The lowest BCUT2D eigenvalue weighted by Gasteiger charge is -2.19. The van der Waals surface area contributed by atoms with Crippen molar-refractivity contribution in [3.63, 3.8) is 0 Å². The largest absolute Gasteiger partial charge is 0.330 e. The van der Waals surface area contributed by atoms with Crippen molar-refractivity contribution in [3.8, 4) is 0 Å². The molecule has 21 heavy (non-hydrogen) atoms. The van der Waals surface area contributed by atoms with E-state index in [0.29, 0.717) is 12.0 Å². The van der Waals surface area contributed by atoms with Gasteiger partial charge in [-0.3, -0.25) is 0 Å². The zero-order valence-electron chi connectivity index (χ0n) is 14.9. The standard InChI is InChI=1S/C19H42N2/c1-3-5-7-9-11-12-14-18(17-20)16-19(21)15-13-10-8-6-4-2/h18-19H,3-17,20-21H2,1-2H3. The second kappa shape index (κ2) is 16.3. The van der Waals surface area contributed by atoms with Crippen LogP contribution < -0.4 is 11.5 Å². The molecular weight excluding hydrogens is 256 g/mol. The van der Waals surface area contributed by atoms with Gasteiger partial charge in [0, 0.05) is 6.04 Å². The molecule has 0 aliphatic carbocycles. The van der Waals surface area contributed by atoms with Crippen molar-refractivity contribution < 1.29 is 0 Å². The van der Waals surface area contributed by atoms with Gasteiger partial charge in [0.2, 0.25) is 0 Å². The van der Waals surface area contributed by atoms with Gasteiger partial charge in [-0.2, -0.15) is 0 Å². The summed E-state index contributed by atoms with van der Waals surface area (Å²) in [5, 5.41) is 0. The molecule has 2 nitrogen and oxygen atoms in total. The Morgan fingerprint density at radius 3 is 1.67 bits per heavy atom. The Labute approximate surface area is 134 Å². The molecule has 0 aliphatic rings. The van der Waals surface area contributed by atoms with E-state index in [4.69, 9.17) is 11.5 Å². The number of hydrogen-bond acceptors (Lipinski definition) is 2. The molecule has 0 rings (SSSR count). The van der Waals surface area contributed by atoms with Crippen molar-refractivity contribution >= 4 is 0 Å². The fourth-order valence-electron chi connectivity index (χ4n) is 3.10. The molecule has 0 saturated heterocycles. The fourth-order valence-corrected chi connectivity index (χ4v) is 3.10. The van der Waals surface area contributed by atoms with Crippen LogP contribution in [0.5, 0.6) is 0 Å². The lowest BCUT2D eigenvalue weighted by molar-refractivity contribution is 0.379. The van der Waals surface area contributed by atoms with Crippen molar-refractivity contribution in [2.24, 2.45) is 17.4 Å². The zero-order chi connectivity index (χ0) is 15.8. The first kappa shape index (κ1) is 20.9. The van der Waals surface area contributed by atoms with Crippen molar-refractivity contribution in [1.29, 1.82) is 0 Å². The van der Waals surface area contributed by atoms with Gasteiger partial charge in [0.15, 0.2) is 0 Å². The molecule has 0 aromatic rings. The summed E-state index contributed by atoms with van der Waals surface area (Å²) in [6.45, 7) is 5.35. The maximum atomic E-state index is 6.28. The van der Waals surface area contributed by atoms with Crippen LogP contribution in [0.3, 0.4) is 0 Å². The van der Waals surface area contributed by atoms with E-state index in [-0.39, 0.29) is 0 Å². The highest BCUT2D eigenvalue weighted by atomic mass is 14.6. The van der Waals surface area contributed by atoms with Crippen LogP contribution in [0.2, 0.25) is 0 Å². The molecule has 0 spiro atoms. The zero-order valence-corrected chi connectivity index (χ0v) is 14.9. The molecule has 0 aromatic heterocycles. The minimum Gasteiger partial charge on any atom is -0.330 e. The van der Waals surface area contributed by atoms with Gasteiger partial charge in [0.1, 0.15) is 0 Å². The smallest absolute Gasteiger partial charge is 0.00419 e. The quantitative estimate of drug-likeness (QED) is 0.375. The Hall–Kier alpha value is -0.0800. The van der Waals surface area contributed by atoms with E-state index in [2.05, 4.69) is 13.8 Å². The van der Waals surface area contributed by atoms with Gasteiger partial charge >= 0.3 is 0 Å². The normalized spacial score (nSPS) is 14.3. The van der Waals surface area contributed by atoms with E-state index in [0.717, 1.165) is 13.0 Å². The molecule has 0 heterocycles. The minimum absolute atomic E-state index is 0.375. The number of unbranched alkanes of at least 4 members (excludes halogenated alkanes) is 9. The molecule has 128 valence electrons. The van der Waals surface area contributed by atoms with Crippen molar-refractivity contribution in [1.82, 2.24) is 0 Å². The Balaban J connectivity index is 3.53. The Bertz CT molecular complexity index is 194. The van der Waals surface area contributed by atoms with E-state index >= 15 is 0 Å². The molecule has 2 atom stereocenters. The molecule has 0 saturated carbocycles. The Kier molecular flexibility index (Phi) is 16.2. The van der Waals surface area contributed by atoms with Crippen LogP contribution in [0.1, 0.15) is 104 Å². The summed E-state index contributed by atoms with van der Waals surface area (Å²) >= 11 is 0. The van der Waals surface area contributed by atoms with Gasteiger partial charge < -0.3 is 11.5 Å². The highest BCUT2D eigenvalue weighted by Gasteiger charge is 2.11. The summed E-state index contributed by atoms with van der Waals surface area (Å²) < 4.78 is 0. The van der Waals surface area contributed by atoms with Gasteiger partial charge in [0.05, 0.1) is 0 Å². The van der Waals surface area contributed by atoms with E-state index < -0.39 is 0 Å². The van der Waals surface area contributed by atoms with E-state index in [1.807, 2.05) is 0 Å². The average molecular weight is 299 g/mol. The number of hydrogen-bond donors (Lipinski definition) is 2. The topological polar surface area (TPSA) is 52.0 Å². The predicted octanol–water partition coefficient (Wildman–Crippen LogP) is 5.39. The van der Waals surface area contributed by atoms with Gasteiger partial charge in [-0.25, -0.2) is 0 Å². The summed E-state index contributed by atoms with van der Waals surface area (Å²) in [6, 6.07) is 0.375. The molecule has 0 radical (unpaired) electrons. The van der Waals surface area contributed by atoms with Crippen LogP contribution in [-0.2, 0) is 0 Å². The highest BCUT2D eigenvalue weighted by molar-refractivity contribution is 4.70. The van der Waals surface area contributed by atoms with E-state index in [1.54, 1.807) is 0 Å². The molecule has 2 heteroatoms. The first-order valence-corrected chi connectivity index (χ1v) is 9.70. The Morgan fingerprint density at radius 1 is 0.667 bits per heavy atom. The molecule has 0 amide bonds. The van der Waals surface area contributed by atoms with E-state index in [9.17, 15) is 0 Å². The third-order valence-corrected chi connectivity index (χ3v) is 4.61. The summed E-state index contributed by atoms with van der Waals surface area (Å²) in [6.07, 6.45) is 18.6. The summed E-state index contributed by atoms with van der Waals surface area (Å²) in [5.74, 6) is 0.654. The molecular formula is C19H42N2. The number of rotatable bonds is 16. The highest BCUT2D eigenvalue weighted by Crippen LogP contribution is 2.18. The molecule has 0 aromatic carbocycles. The van der Waals surface area contributed by atoms with Crippen LogP contribution in [-0.4, -0.2) is 12.6 Å². The van der Waals surface area contributed by atoms with E-state index in [1.165, 1.54) is 83.5 Å². The third-order valence-electron chi connectivity index (χ3n) is 4.61. The summed E-state index contributed by atoms with van der Waals surface area (Å²) in [7, 11) is 0. The Morgan fingerprint density at radius 2 is 1.14 bits per heavy atom. The second-order valence-corrected chi connectivity index (χ2v) is 6.86. The monoisotopic (exact) mass is 298 g/mol. The lowest BCUT2D eigenvalue weighted by Crippen LogP contribution is -2.27. The second-order valence-electron chi connectivity index (χ2n) is 6.86. The lowest BCUT2D eigenvalue weighted by atomic mass is 9.91. The third kappa shape index (κ3) is 14.6. The van der Waals surface area contributed by atoms with Crippen LogP contribution in [0.25, 0.3) is 0 Å². The van der Waals surface area contributed by atoms with Crippen LogP contribution in [0, 0.1) is 5.92 Å². The average Bonchev–Trinajstić information content (AvgIpc) is 2.49. The maximum absolute atomic E-state index is 6.28. The molecule has 2 unspecified atom stereocenters. The van der Waals surface area contributed by atoms with Crippen molar-refractivity contribution in [2.45, 2.75) is 110 Å². The summed E-state index contributed by atoms with van der Waals surface area (Å²) in [4.78, 5) is 0. The number of nitrogens with two attached hydrogens (primary N) is 2. The first-order valence-electron chi connectivity index (χ1n) is 9.70. The predicted molar refractivity (Wildman–Crippen MR) is 96.5 cm³/mol. The first-order chi connectivity index (χ1) is 10.2. The van der Waals surface area contributed by atoms with Crippen LogP contribution in [0.15, 0.2) is 0 Å². The van der Waals surface area contributed by atoms with Gasteiger partial charge in [-0.1, -0.05) is 84.5 Å². The SMILES string of the molecule is CCCCCCCCC(CN)CC(N)CCCCCCC. The maximum Gasteiger partial charge on any atom is 0.00419 e. The molecule has 4 N–H and O–H groups in total. The van der Waals surface area contributed by atoms with Gasteiger partial charge in [-0.05, 0) is 31.7 Å². The van der Waals surface area contributed by atoms with Gasteiger partial charge in [-0.15, -0.1) is 0 Å². The minimum atomic E-state index is 0.375.